The van der Waals surface area contributed by atoms with Gasteiger partial charge in [-0.05, 0) is 117 Å². The van der Waals surface area contributed by atoms with E-state index in [9.17, 15) is 10.5 Å². The van der Waals surface area contributed by atoms with Crippen LogP contribution < -0.4 is 0 Å². The Morgan fingerprint density at radius 1 is 0.345 bits per heavy atom. The Balaban J connectivity index is 1.22. The summed E-state index contributed by atoms with van der Waals surface area (Å²) >= 11 is 0. The molecular formula is C51H28N4. The van der Waals surface area contributed by atoms with Gasteiger partial charge in [0.2, 0.25) is 0 Å². The average Bonchev–Trinajstić information content (AvgIpc) is 3.94. The van der Waals surface area contributed by atoms with Crippen LogP contribution in [0.3, 0.4) is 0 Å². The summed E-state index contributed by atoms with van der Waals surface area (Å²) in [6.07, 6.45) is 0. The van der Waals surface area contributed by atoms with Gasteiger partial charge in [-0.1, -0.05) is 97.1 Å². The van der Waals surface area contributed by atoms with Crippen molar-refractivity contribution in [1.29, 1.82) is 10.5 Å². The fourth-order valence-corrected chi connectivity index (χ4v) is 10.0. The first kappa shape index (κ1) is 29.9. The highest BCUT2D eigenvalue weighted by Gasteiger charge is 2.52. The lowest BCUT2D eigenvalue weighted by Gasteiger charge is -2.31. The summed E-state index contributed by atoms with van der Waals surface area (Å²) in [6, 6.07) is 65.3. The minimum absolute atomic E-state index is 0.610. The van der Waals surface area contributed by atoms with Crippen molar-refractivity contribution in [3.05, 3.63) is 203 Å². The second-order valence-electron chi connectivity index (χ2n) is 14.7. The number of hydrogen-bond donors (Lipinski definition) is 0. The average molecular weight is 697 g/mol. The fourth-order valence-electron chi connectivity index (χ4n) is 10.0. The molecule has 2 aliphatic carbocycles. The van der Waals surface area contributed by atoms with Crippen molar-refractivity contribution in [1.82, 2.24) is 9.13 Å². The largest absolute Gasteiger partial charge is 0.309 e. The maximum Gasteiger partial charge on any atom is 0.0991 e. The molecule has 0 aliphatic heterocycles. The molecule has 0 amide bonds. The zero-order valence-corrected chi connectivity index (χ0v) is 29.5. The Morgan fingerprint density at radius 3 is 1.00 bits per heavy atom. The number of nitriles is 2. The standard InChI is InChI=1S/C51H28N4/c52-29-31-17-21-35-36-22-18-32(30-53)26-44(36)51(43(35)25-31)45-27-33(54-47-13-5-1-9-39(47)40-10-2-6-14-48(40)54)19-23-37(45)38-24-20-34(28-46(38)51)55-49-15-7-3-11-41(49)42-12-4-8-16-50(42)55/h1-28H. The molecule has 2 aromatic heterocycles. The lowest BCUT2D eigenvalue weighted by Crippen LogP contribution is -2.26. The Bertz CT molecular complexity index is 3080. The van der Waals surface area contributed by atoms with Crippen LogP contribution in [-0.4, -0.2) is 9.13 Å². The van der Waals surface area contributed by atoms with E-state index < -0.39 is 5.41 Å². The summed E-state index contributed by atoms with van der Waals surface area (Å²) in [5, 5.41) is 25.5. The van der Waals surface area contributed by atoms with Gasteiger partial charge in [0.1, 0.15) is 0 Å². The number of rotatable bonds is 2. The molecule has 252 valence electrons. The van der Waals surface area contributed by atoms with Gasteiger partial charge in [-0.3, -0.25) is 0 Å². The Kier molecular flexibility index (Phi) is 5.81. The van der Waals surface area contributed by atoms with Crippen LogP contribution in [0.1, 0.15) is 33.4 Å². The molecule has 0 radical (unpaired) electrons. The van der Waals surface area contributed by atoms with Crippen LogP contribution >= 0.6 is 0 Å². The predicted molar refractivity (Wildman–Crippen MR) is 221 cm³/mol. The van der Waals surface area contributed by atoms with E-state index in [4.69, 9.17) is 0 Å². The van der Waals surface area contributed by atoms with Crippen LogP contribution in [0.25, 0.3) is 77.2 Å². The minimum atomic E-state index is -0.793. The van der Waals surface area contributed by atoms with Gasteiger partial charge in [0, 0.05) is 32.9 Å². The smallest absolute Gasteiger partial charge is 0.0991 e. The summed E-state index contributed by atoms with van der Waals surface area (Å²) in [5.41, 5.74) is 16.0. The van der Waals surface area contributed by atoms with Crippen molar-refractivity contribution in [2.75, 3.05) is 0 Å². The molecule has 12 rings (SSSR count). The molecule has 4 heteroatoms. The summed E-state index contributed by atoms with van der Waals surface area (Å²) in [7, 11) is 0. The van der Waals surface area contributed by atoms with Crippen LogP contribution in [0.15, 0.2) is 170 Å². The molecule has 1 spiro atoms. The Labute approximate surface area is 316 Å². The van der Waals surface area contributed by atoms with E-state index in [-0.39, 0.29) is 0 Å². The molecule has 8 aromatic carbocycles. The molecule has 0 atom stereocenters. The van der Waals surface area contributed by atoms with Crippen LogP contribution in [-0.2, 0) is 5.41 Å². The number of fused-ring (bicyclic) bond motifs is 16. The normalized spacial score (nSPS) is 13.2. The van der Waals surface area contributed by atoms with Gasteiger partial charge >= 0.3 is 0 Å². The monoisotopic (exact) mass is 696 g/mol. The molecule has 0 unspecified atom stereocenters. The Morgan fingerprint density at radius 2 is 0.655 bits per heavy atom. The van der Waals surface area contributed by atoms with Crippen molar-refractivity contribution in [3.8, 4) is 45.8 Å². The highest BCUT2D eigenvalue weighted by Crippen LogP contribution is 2.63. The lowest BCUT2D eigenvalue weighted by molar-refractivity contribution is 0.790. The molecule has 4 nitrogen and oxygen atoms in total. The van der Waals surface area contributed by atoms with Gasteiger partial charge in [-0.15, -0.1) is 0 Å². The summed E-state index contributed by atoms with van der Waals surface area (Å²) < 4.78 is 4.75. The maximum absolute atomic E-state index is 10.3. The first-order valence-electron chi connectivity index (χ1n) is 18.6. The van der Waals surface area contributed by atoms with E-state index >= 15 is 0 Å². The highest BCUT2D eigenvalue weighted by molar-refractivity contribution is 6.10. The number of nitrogens with zero attached hydrogens (tertiary/aromatic N) is 4. The topological polar surface area (TPSA) is 57.4 Å². The fraction of sp³-hybridized carbons (Fsp3) is 0.0196. The summed E-state index contributed by atoms with van der Waals surface area (Å²) in [4.78, 5) is 0. The quantitative estimate of drug-likeness (QED) is 0.181. The number of aromatic nitrogens is 2. The molecule has 0 saturated carbocycles. The SMILES string of the molecule is N#Cc1ccc2c(c1)C1(c3cc(C#N)ccc3-2)c2cc(-n3c4ccccc4c4ccccc43)ccc2-c2ccc(-n3c4ccccc4c4ccccc43)cc21. The van der Waals surface area contributed by atoms with Crippen molar-refractivity contribution in [2.45, 2.75) is 5.41 Å². The third-order valence-electron chi connectivity index (χ3n) is 12.2. The molecule has 2 aliphatic rings. The zero-order chi connectivity index (χ0) is 36.4. The van der Waals surface area contributed by atoms with E-state index in [1.165, 1.54) is 21.5 Å². The highest BCUT2D eigenvalue weighted by atomic mass is 15.0. The zero-order valence-electron chi connectivity index (χ0n) is 29.5. The van der Waals surface area contributed by atoms with Gasteiger partial charge < -0.3 is 9.13 Å². The third kappa shape index (κ3) is 3.73. The molecular weight excluding hydrogens is 669 g/mol. The van der Waals surface area contributed by atoms with Crippen molar-refractivity contribution >= 4 is 43.6 Å². The molecule has 55 heavy (non-hydrogen) atoms. The van der Waals surface area contributed by atoms with Crippen LogP contribution in [0.5, 0.6) is 0 Å². The third-order valence-corrected chi connectivity index (χ3v) is 12.2. The predicted octanol–water partition coefficient (Wildman–Crippen LogP) is 12.0. The van der Waals surface area contributed by atoms with E-state index in [0.29, 0.717) is 11.1 Å². The maximum atomic E-state index is 10.3. The van der Waals surface area contributed by atoms with Gasteiger partial charge in [-0.25, -0.2) is 0 Å². The minimum Gasteiger partial charge on any atom is -0.309 e. The molecule has 0 N–H and O–H groups in total. The van der Waals surface area contributed by atoms with E-state index in [1.807, 2.05) is 12.1 Å². The second kappa shape index (κ2) is 10.7. The first-order valence-corrected chi connectivity index (χ1v) is 18.6. The van der Waals surface area contributed by atoms with Gasteiger partial charge in [0.25, 0.3) is 0 Å². The lowest BCUT2D eigenvalue weighted by atomic mass is 9.70. The molecule has 2 heterocycles. The number of hydrogen-bond acceptors (Lipinski definition) is 2. The van der Waals surface area contributed by atoms with Gasteiger partial charge in [0.15, 0.2) is 0 Å². The van der Waals surface area contributed by atoms with Gasteiger partial charge in [-0.2, -0.15) is 10.5 Å². The van der Waals surface area contributed by atoms with Gasteiger partial charge in [0.05, 0.1) is 50.7 Å². The van der Waals surface area contributed by atoms with Crippen molar-refractivity contribution < 1.29 is 0 Å². The van der Waals surface area contributed by atoms with Crippen LogP contribution in [0.4, 0.5) is 0 Å². The van der Waals surface area contributed by atoms with Crippen LogP contribution in [0.2, 0.25) is 0 Å². The Hall–Kier alpha value is -7.66. The second-order valence-corrected chi connectivity index (χ2v) is 14.7. The van der Waals surface area contributed by atoms with Crippen LogP contribution in [0, 0.1) is 22.7 Å². The molecule has 0 saturated heterocycles. The van der Waals surface area contributed by atoms with Crippen molar-refractivity contribution in [2.24, 2.45) is 0 Å². The number of benzene rings is 8. The number of para-hydroxylation sites is 4. The first-order chi connectivity index (χ1) is 27.2. The molecule has 0 fully saturated rings. The van der Waals surface area contributed by atoms with Crippen molar-refractivity contribution in [3.63, 3.8) is 0 Å². The van der Waals surface area contributed by atoms with E-state index in [1.54, 1.807) is 0 Å². The molecule has 0 bridgehead atoms. The molecule has 10 aromatic rings. The van der Waals surface area contributed by atoms with E-state index in [0.717, 1.165) is 77.9 Å². The summed E-state index contributed by atoms with van der Waals surface area (Å²) in [5.74, 6) is 0. The van der Waals surface area contributed by atoms with E-state index in [2.05, 4.69) is 179 Å². The summed E-state index contributed by atoms with van der Waals surface area (Å²) in [6.45, 7) is 0.